The predicted octanol–water partition coefficient (Wildman–Crippen LogP) is 1.66. The van der Waals surface area contributed by atoms with Crippen LogP contribution in [0.2, 0.25) is 0 Å². The van der Waals surface area contributed by atoms with E-state index in [1.54, 1.807) is 0 Å². The first-order chi connectivity index (χ1) is 3.70. The molecule has 1 aliphatic rings. The van der Waals surface area contributed by atoms with Crippen LogP contribution in [0.25, 0.3) is 0 Å². The summed E-state index contributed by atoms with van der Waals surface area (Å²) >= 11 is 0. The van der Waals surface area contributed by atoms with Crippen LogP contribution in [0.5, 0.6) is 0 Å². The summed E-state index contributed by atoms with van der Waals surface area (Å²) in [4.78, 5) is 0. The van der Waals surface area contributed by atoms with E-state index in [-0.39, 0.29) is 0 Å². The predicted molar refractivity (Wildman–Crippen MR) is 41.4 cm³/mol. The van der Waals surface area contributed by atoms with Gasteiger partial charge in [0, 0.05) is 12.3 Å². The highest BCUT2D eigenvalue weighted by Gasteiger charge is 2.32. The van der Waals surface area contributed by atoms with Crippen molar-refractivity contribution in [1.29, 1.82) is 0 Å². The van der Waals surface area contributed by atoms with Gasteiger partial charge in [0.05, 0.1) is 6.26 Å². The van der Waals surface area contributed by atoms with E-state index in [1.165, 1.54) is 12.2 Å². The smallest absolute Gasteiger partial charge is 0.0578 e. The molecule has 8 heavy (non-hydrogen) atoms. The largest absolute Gasteiger partial charge is 0.115 e. The molecule has 1 aliphatic heterocycles. The van der Waals surface area contributed by atoms with Crippen LogP contribution in [0.1, 0.15) is 20.3 Å². The van der Waals surface area contributed by atoms with Crippen molar-refractivity contribution in [2.75, 3.05) is 12.0 Å². The van der Waals surface area contributed by atoms with Gasteiger partial charge in [-0.2, -0.15) is 0 Å². The third-order valence-electron chi connectivity index (χ3n) is 1.97. The van der Waals surface area contributed by atoms with Gasteiger partial charge in [0.25, 0.3) is 0 Å². The van der Waals surface area contributed by atoms with E-state index in [2.05, 4.69) is 20.1 Å². The summed E-state index contributed by atoms with van der Waals surface area (Å²) in [7, 11) is 0.752. The minimum absolute atomic E-state index is 0.752. The minimum Gasteiger partial charge on any atom is -0.0578 e. The fraction of sp³-hybridized carbons (Fsp3) is 1.00. The van der Waals surface area contributed by atoms with Crippen molar-refractivity contribution < 1.29 is 0 Å². The van der Waals surface area contributed by atoms with Gasteiger partial charge in [0.2, 0.25) is 0 Å². The molecule has 0 aliphatic carbocycles. The summed E-state index contributed by atoms with van der Waals surface area (Å²) in [5.41, 5.74) is 0. The van der Waals surface area contributed by atoms with Crippen LogP contribution < -0.4 is 0 Å². The molecule has 0 spiro atoms. The van der Waals surface area contributed by atoms with Gasteiger partial charge in [0.15, 0.2) is 0 Å². The van der Waals surface area contributed by atoms with E-state index in [0.29, 0.717) is 0 Å². The maximum absolute atomic E-state index is 2.40. The zero-order chi connectivity index (χ0) is 6.15. The van der Waals surface area contributed by atoms with Gasteiger partial charge in [-0.25, -0.2) is 0 Å². The Labute approximate surface area is 55.0 Å². The van der Waals surface area contributed by atoms with Crippen molar-refractivity contribution in [3.63, 3.8) is 0 Å². The van der Waals surface area contributed by atoms with Crippen molar-refractivity contribution in [2.24, 2.45) is 5.92 Å². The molecule has 0 amide bonds. The van der Waals surface area contributed by atoms with Crippen molar-refractivity contribution >= 4 is 10.9 Å². The van der Waals surface area contributed by atoms with E-state index < -0.39 is 0 Å². The second-order valence-corrected chi connectivity index (χ2v) is 5.53. The van der Waals surface area contributed by atoms with E-state index >= 15 is 0 Å². The maximum atomic E-state index is 2.40. The third kappa shape index (κ3) is 1.19. The summed E-state index contributed by atoms with van der Waals surface area (Å²) < 4.78 is 0. The Hall–Kier alpha value is 0.350. The first-order valence-corrected chi connectivity index (χ1v) is 5.18. The third-order valence-corrected chi connectivity index (χ3v) is 4.63. The number of rotatable bonds is 0. The van der Waals surface area contributed by atoms with Crippen LogP contribution in [-0.4, -0.2) is 17.3 Å². The Kier molecular flexibility index (Phi) is 1.86. The Morgan fingerprint density at radius 3 is 2.12 bits per heavy atom. The molecule has 0 aromatic rings. The summed E-state index contributed by atoms with van der Waals surface area (Å²) in [5.74, 6) is 2.50. The number of hydrogen-bond acceptors (Lipinski definition) is 0. The van der Waals surface area contributed by atoms with Gasteiger partial charge in [-0.3, -0.25) is 0 Å². The lowest BCUT2D eigenvalue weighted by Crippen LogP contribution is -2.09. The molecule has 0 nitrogen and oxygen atoms in total. The van der Waals surface area contributed by atoms with Crippen LogP contribution in [-0.2, 0) is 10.9 Å². The van der Waals surface area contributed by atoms with Crippen molar-refractivity contribution in [3.8, 4) is 0 Å². The molecular weight excluding hydrogens is 116 g/mol. The highest BCUT2D eigenvalue weighted by atomic mass is 32.2. The van der Waals surface area contributed by atoms with Crippen molar-refractivity contribution in [3.05, 3.63) is 0 Å². The molecule has 0 aromatic heterocycles. The second-order valence-electron chi connectivity index (χ2n) is 3.01. The Bertz CT molecular complexity index is 70.5. The second kappa shape index (κ2) is 2.30. The zero-order valence-electron chi connectivity index (χ0n) is 5.98. The Morgan fingerprint density at radius 1 is 1.38 bits per heavy atom. The molecule has 1 unspecified atom stereocenters. The standard InChI is InChI=1S/C7H15S/c1-6-4-7(2)8(3)5-6/h6-7H,4-5H2,1-3H3/q+1/t6-,7+,8?/m1/s1. The van der Waals surface area contributed by atoms with Gasteiger partial charge in [-0.1, -0.05) is 6.92 Å². The normalized spacial score (nSPS) is 47.6. The summed E-state index contributed by atoms with van der Waals surface area (Å²) in [5, 5.41) is 1.02. The first-order valence-electron chi connectivity index (χ1n) is 3.31. The molecule has 0 N–H and O–H groups in total. The lowest BCUT2D eigenvalue weighted by atomic mass is 10.1. The molecule has 48 valence electrons. The molecular formula is C7H15S+. The average Bonchev–Trinajstić information content (AvgIpc) is 1.85. The molecule has 3 atom stereocenters. The monoisotopic (exact) mass is 131 g/mol. The zero-order valence-corrected chi connectivity index (χ0v) is 6.79. The summed E-state index contributed by atoms with van der Waals surface area (Å²) in [6.45, 7) is 4.75. The van der Waals surface area contributed by atoms with Crippen molar-refractivity contribution in [1.82, 2.24) is 0 Å². The summed E-state index contributed by atoms with van der Waals surface area (Å²) in [6.07, 6.45) is 3.87. The SMILES string of the molecule is C[C@@H]1C[C@H](C)[S+](C)C1. The van der Waals surface area contributed by atoms with Gasteiger partial charge < -0.3 is 0 Å². The summed E-state index contributed by atoms with van der Waals surface area (Å²) in [6, 6.07) is 0. The van der Waals surface area contributed by atoms with Crippen LogP contribution in [0.4, 0.5) is 0 Å². The van der Waals surface area contributed by atoms with E-state index in [4.69, 9.17) is 0 Å². The van der Waals surface area contributed by atoms with E-state index in [0.717, 1.165) is 22.1 Å². The fourth-order valence-corrected chi connectivity index (χ4v) is 3.43. The molecule has 0 radical (unpaired) electrons. The van der Waals surface area contributed by atoms with Gasteiger partial charge in [0.1, 0.15) is 11.0 Å². The van der Waals surface area contributed by atoms with Crippen LogP contribution >= 0.6 is 0 Å². The van der Waals surface area contributed by atoms with Crippen LogP contribution in [0, 0.1) is 5.92 Å². The van der Waals surface area contributed by atoms with Crippen LogP contribution in [0.3, 0.4) is 0 Å². The first kappa shape index (κ1) is 6.47. The molecule has 1 rings (SSSR count). The van der Waals surface area contributed by atoms with Crippen molar-refractivity contribution in [2.45, 2.75) is 25.5 Å². The quantitative estimate of drug-likeness (QED) is 0.439. The topological polar surface area (TPSA) is 0 Å². The highest BCUT2D eigenvalue weighted by molar-refractivity contribution is 7.97. The van der Waals surface area contributed by atoms with E-state index in [9.17, 15) is 0 Å². The van der Waals surface area contributed by atoms with Gasteiger partial charge in [-0.15, -0.1) is 0 Å². The molecule has 1 fully saturated rings. The highest BCUT2D eigenvalue weighted by Crippen LogP contribution is 2.24. The maximum Gasteiger partial charge on any atom is 0.115 e. The molecule has 0 saturated carbocycles. The minimum atomic E-state index is 0.752. The number of hydrogen-bond donors (Lipinski definition) is 0. The Balaban J connectivity index is 2.39. The lowest BCUT2D eigenvalue weighted by Gasteiger charge is -1.95. The van der Waals surface area contributed by atoms with Crippen LogP contribution in [0.15, 0.2) is 0 Å². The van der Waals surface area contributed by atoms with Gasteiger partial charge >= 0.3 is 0 Å². The molecule has 1 saturated heterocycles. The average molecular weight is 131 g/mol. The molecule has 1 heteroatoms. The lowest BCUT2D eigenvalue weighted by molar-refractivity contribution is 0.626. The molecule has 0 aromatic carbocycles. The molecule has 1 heterocycles. The van der Waals surface area contributed by atoms with E-state index in [1.807, 2.05) is 0 Å². The van der Waals surface area contributed by atoms with Gasteiger partial charge in [-0.05, 0) is 17.8 Å². The fourth-order valence-electron chi connectivity index (χ4n) is 1.41. The Morgan fingerprint density at radius 2 is 2.00 bits per heavy atom. The molecule has 0 bridgehead atoms.